The van der Waals surface area contributed by atoms with Crippen LogP contribution in [-0.2, 0) is 11.2 Å². The van der Waals surface area contributed by atoms with Gasteiger partial charge in [0.05, 0.1) is 7.11 Å². The lowest BCUT2D eigenvalue weighted by Crippen LogP contribution is -2.44. The molecule has 4 heteroatoms. The van der Waals surface area contributed by atoms with E-state index < -0.39 is 0 Å². The lowest BCUT2D eigenvalue weighted by atomic mass is 10.0. The molecule has 3 rings (SSSR count). The van der Waals surface area contributed by atoms with Gasteiger partial charge in [0.1, 0.15) is 11.8 Å². The third-order valence-electron chi connectivity index (χ3n) is 4.22. The maximum atomic E-state index is 12.8. The lowest BCUT2D eigenvalue weighted by Gasteiger charge is -2.31. The molecular formula is C19H22N2O2. The second-order valence-corrected chi connectivity index (χ2v) is 5.82. The van der Waals surface area contributed by atoms with Crippen molar-refractivity contribution in [3.8, 4) is 5.75 Å². The maximum absolute atomic E-state index is 12.8. The number of benzene rings is 2. The molecule has 0 saturated heterocycles. The number of rotatable bonds is 4. The van der Waals surface area contributed by atoms with Gasteiger partial charge < -0.3 is 15.0 Å². The van der Waals surface area contributed by atoms with Gasteiger partial charge in [-0.25, -0.2) is 0 Å². The SMILES string of the molecule is COc1ccc(NC(C)C(=O)N2CCCc3ccccc32)cc1. The average Bonchev–Trinajstić information content (AvgIpc) is 2.61. The number of fused-ring (bicyclic) bond motifs is 1. The third kappa shape index (κ3) is 3.31. The van der Waals surface area contributed by atoms with Gasteiger partial charge in [0.2, 0.25) is 5.91 Å². The van der Waals surface area contributed by atoms with Crippen LogP contribution in [0.2, 0.25) is 0 Å². The molecule has 0 spiro atoms. The van der Waals surface area contributed by atoms with Crippen LogP contribution < -0.4 is 15.0 Å². The monoisotopic (exact) mass is 310 g/mol. The van der Waals surface area contributed by atoms with Crippen molar-refractivity contribution in [3.63, 3.8) is 0 Å². The summed E-state index contributed by atoms with van der Waals surface area (Å²) in [6.07, 6.45) is 2.05. The van der Waals surface area contributed by atoms with E-state index in [0.717, 1.165) is 36.5 Å². The van der Waals surface area contributed by atoms with Crippen LogP contribution in [0, 0.1) is 0 Å². The van der Waals surface area contributed by atoms with Crippen molar-refractivity contribution in [2.24, 2.45) is 0 Å². The summed E-state index contributed by atoms with van der Waals surface area (Å²) in [6, 6.07) is 15.5. The summed E-state index contributed by atoms with van der Waals surface area (Å²) in [7, 11) is 1.64. The fourth-order valence-corrected chi connectivity index (χ4v) is 3.00. The highest BCUT2D eigenvalue weighted by Crippen LogP contribution is 2.27. The fourth-order valence-electron chi connectivity index (χ4n) is 3.00. The Labute approximate surface area is 137 Å². The van der Waals surface area contributed by atoms with Crippen molar-refractivity contribution < 1.29 is 9.53 Å². The van der Waals surface area contributed by atoms with Gasteiger partial charge in [-0.15, -0.1) is 0 Å². The number of carbonyl (C=O) groups is 1. The minimum absolute atomic E-state index is 0.105. The molecule has 0 aromatic heterocycles. The molecule has 1 amide bonds. The van der Waals surface area contributed by atoms with E-state index in [4.69, 9.17) is 4.74 Å². The summed E-state index contributed by atoms with van der Waals surface area (Å²) in [5.41, 5.74) is 3.22. The summed E-state index contributed by atoms with van der Waals surface area (Å²) in [5.74, 6) is 0.910. The van der Waals surface area contributed by atoms with Crippen LogP contribution in [0.25, 0.3) is 0 Å². The number of nitrogens with one attached hydrogen (secondary N) is 1. The Balaban J connectivity index is 1.72. The van der Waals surface area contributed by atoms with Crippen LogP contribution in [-0.4, -0.2) is 25.6 Å². The van der Waals surface area contributed by atoms with Crippen LogP contribution in [0.5, 0.6) is 5.75 Å². The second kappa shape index (κ2) is 6.73. The summed E-state index contributed by atoms with van der Waals surface area (Å²) >= 11 is 0. The number of aryl methyl sites for hydroxylation is 1. The largest absolute Gasteiger partial charge is 0.497 e. The minimum atomic E-state index is -0.283. The highest BCUT2D eigenvalue weighted by molar-refractivity contribution is 5.99. The zero-order chi connectivity index (χ0) is 16.2. The Kier molecular flexibility index (Phi) is 4.51. The molecule has 1 unspecified atom stereocenters. The van der Waals surface area contributed by atoms with E-state index in [-0.39, 0.29) is 11.9 Å². The fraction of sp³-hybridized carbons (Fsp3) is 0.316. The molecule has 23 heavy (non-hydrogen) atoms. The van der Waals surface area contributed by atoms with Crippen molar-refractivity contribution in [2.45, 2.75) is 25.8 Å². The van der Waals surface area contributed by atoms with Crippen molar-refractivity contribution in [3.05, 3.63) is 54.1 Å². The van der Waals surface area contributed by atoms with Crippen molar-refractivity contribution in [1.29, 1.82) is 0 Å². The van der Waals surface area contributed by atoms with Gasteiger partial charge in [-0.05, 0) is 55.7 Å². The first-order valence-corrected chi connectivity index (χ1v) is 7.99. The van der Waals surface area contributed by atoms with E-state index in [1.54, 1.807) is 7.11 Å². The Morgan fingerprint density at radius 1 is 1.17 bits per heavy atom. The topological polar surface area (TPSA) is 41.6 Å². The van der Waals surface area contributed by atoms with Crippen LogP contribution in [0.4, 0.5) is 11.4 Å². The van der Waals surface area contributed by atoms with Gasteiger partial charge in [0.15, 0.2) is 0 Å². The van der Waals surface area contributed by atoms with Crippen LogP contribution in [0.15, 0.2) is 48.5 Å². The number of amides is 1. The minimum Gasteiger partial charge on any atom is -0.497 e. The van der Waals surface area contributed by atoms with E-state index in [1.165, 1.54) is 5.56 Å². The number of para-hydroxylation sites is 1. The number of anilines is 2. The molecule has 1 aliphatic heterocycles. The molecule has 0 aliphatic carbocycles. The lowest BCUT2D eigenvalue weighted by molar-refractivity contribution is -0.119. The number of hydrogen-bond acceptors (Lipinski definition) is 3. The van der Waals surface area contributed by atoms with Gasteiger partial charge in [-0.3, -0.25) is 4.79 Å². The first-order chi connectivity index (χ1) is 11.2. The molecule has 4 nitrogen and oxygen atoms in total. The molecule has 2 aromatic rings. The van der Waals surface area contributed by atoms with Crippen molar-refractivity contribution >= 4 is 17.3 Å². The molecule has 1 N–H and O–H groups in total. The average molecular weight is 310 g/mol. The summed E-state index contributed by atoms with van der Waals surface area (Å²) in [4.78, 5) is 14.7. The Hall–Kier alpha value is -2.49. The molecule has 1 atom stereocenters. The molecule has 0 fully saturated rings. The van der Waals surface area contributed by atoms with Crippen LogP contribution in [0.1, 0.15) is 18.9 Å². The standard InChI is InChI=1S/C19H22N2O2/c1-14(20-16-9-11-17(23-2)12-10-16)19(22)21-13-5-7-15-6-3-4-8-18(15)21/h3-4,6,8-12,14,20H,5,7,13H2,1-2H3. The molecule has 1 aliphatic rings. The maximum Gasteiger partial charge on any atom is 0.249 e. The van der Waals surface area contributed by atoms with Crippen LogP contribution in [0.3, 0.4) is 0 Å². The normalized spacial score (nSPS) is 14.8. The number of carbonyl (C=O) groups excluding carboxylic acids is 1. The smallest absolute Gasteiger partial charge is 0.249 e. The Morgan fingerprint density at radius 2 is 1.91 bits per heavy atom. The third-order valence-corrected chi connectivity index (χ3v) is 4.22. The molecule has 1 heterocycles. The molecule has 2 aromatic carbocycles. The molecular weight excluding hydrogens is 288 g/mol. The van der Waals surface area contributed by atoms with Gasteiger partial charge in [0.25, 0.3) is 0 Å². The van der Waals surface area contributed by atoms with Gasteiger partial charge in [-0.2, -0.15) is 0 Å². The van der Waals surface area contributed by atoms with E-state index in [2.05, 4.69) is 11.4 Å². The second-order valence-electron chi connectivity index (χ2n) is 5.82. The van der Waals surface area contributed by atoms with E-state index in [1.807, 2.05) is 54.3 Å². The quantitative estimate of drug-likeness (QED) is 0.940. The van der Waals surface area contributed by atoms with Gasteiger partial charge in [0, 0.05) is 17.9 Å². The molecule has 0 saturated carbocycles. The number of hydrogen-bond donors (Lipinski definition) is 1. The van der Waals surface area contributed by atoms with Crippen molar-refractivity contribution in [2.75, 3.05) is 23.9 Å². The number of nitrogens with zero attached hydrogens (tertiary/aromatic N) is 1. The predicted octanol–water partition coefficient (Wildman–Crippen LogP) is 3.48. The Morgan fingerprint density at radius 3 is 2.65 bits per heavy atom. The van der Waals surface area contributed by atoms with Gasteiger partial charge >= 0.3 is 0 Å². The molecule has 0 radical (unpaired) electrons. The van der Waals surface area contributed by atoms with Gasteiger partial charge in [-0.1, -0.05) is 18.2 Å². The zero-order valence-corrected chi connectivity index (χ0v) is 13.6. The van der Waals surface area contributed by atoms with E-state index in [0.29, 0.717) is 0 Å². The molecule has 0 bridgehead atoms. The van der Waals surface area contributed by atoms with Crippen LogP contribution >= 0.6 is 0 Å². The highest BCUT2D eigenvalue weighted by Gasteiger charge is 2.25. The van der Waals surface area contributed by atoms with Crippen molar-refractivity contribution in [1.82, 2.24) is 0 Å². The summed E-state index contributed by atoms with van der Waals surface area (Å²) < 4.78 is 5.15. The van der Waals surface area contributed by atoms with E-state index >= 15 is 0 Å². The first-order valence-electron chi connectivity index (χ1n) is 7.99. The molecule has 120 valence electrons. The number of ether oxygens (including phenoxy) is 1. The zero-order valence-electron chi connectivity index (χ0n) is 13.6. The number of methoxy groups -OCH3 is 1. The first kappa shape index (κ1) is 15.4. The Bertz CT molecular complexity index is 682. The highest BCUT2D eigenvalue weighted by atomic mass is 16.5. The van der Waals surface area contributed by atoms with E-state index in [9.17, 15) is 4.79 Å². The predicted molar refractivity (Wildman–Crippen MR) is 93.2 cm³/mol. The summed E-state index contributed by atoms with van der Waals surface area (Å²) in [6.45, 7) is 2.69. The summed E-state index contributed by atoms with van der Waals surface area (Å²) in [5, 5.41) is 3.27.